The molecule has 1 N–H and O–H groups in total. The summed E-state index contributed by atoms with van der Waals surface area (Å²) < 4.78 is 0. The Balaban J connectivity index is 2.15. The standard InChI is InChI=1S/C12H18O/c1-9-8-10(13)12-6-2-4-11(9,12)5-3-7-12/h8,10,13H,2-7H2,1H3/t10-,11?,12?/m1/s1. The number of allylic oxidation sites excluding steroid dienone is 1. The van der Waals surface area contributed by atoms with Crippen molar-refractivity contribution in [3.63, 3.8) is 0 Å². The van der Waals surface area contributed by atoms with Crippen molar-refractivity contribution in [2.24, 2.45) is 10.8 Å². The quantitative estimate of drug-likeness (QED) is 0.565. The van der Waals surface area contributed by atoms with Crippen molar-refractivity contribution in [1.82, 2.24) is 0 Å². The van der Waals surface area contributed by atoms with E-state index < -0.39 is 0 Å². The molecule has 1 heteroatoms. The minimum atomic E-state index is -0.127. The van der Waals surface area contributed by atoms with Gasteiger partial charge >= 0.3 is 0 Å². The highest BCUT2D eigenvalue weighted by Crippen LogP contribution is 2.70. The van der Waals surface area contributed by atoms with Crippen LogP contribution in [-0.2, 0) is 0 Å². The van der Waals surface area contributed by atoms with Gasteiger partial charge in [0.15, 0.2) is 0 Å². The van der Waals surface area contributed by atoms with Crippen LogP contribution in [-0.4, -0.2) is 11.2 Å². The van der Waals surface area contributed by atoms with Gasteiger partial charge in [-0.2, -0.15) is 0 Å². The van der Waals surface area contributed by atoms with E-state index in [9.17, 15) is 5.11 Å². The highest BCUT2D eigenvalue weighted by molar-refractivity contribution is 5.34. The number of hydrogen-bond donors (Lipinski definition) is 1. The molecule has 0 radical (unpaired) electrons. The first-order valence-corrected chi connectivity index (χ1v) is 5.58. The van der Waals surface area contributed by atoms with Crippen LogP contribution >= 0.6 is 0 Å². The molecule has 0 unspecified atom stereocenters. The topological polar surface area (TPSA) is 20.2 Å². The molecule has 2 saturated carbocycles. The van der Waals surface area contributed by atoms with E-state index in [4.69, 9.17) is 0 Å². The summed E-state index contributed by atoms with van der Waals surface area (Å²) in [6, 6.07) is 0. The summed E-state index contributed by atoms with van der Waals surface area (Å²) in [6.07, 6.45) is 9.89. The van der Waals surface area contributed by atoms with Gasteiger partial charge in [0.1, 0.15) is 0 Å². The first kappa shape index (κ1) is 8.05. The van der Waals surface area contributed by atoms with Crippen molar-refractivity contribution in [3.05, 3.63) is 11.6 Å². The third kappa shape index (κ3) is 0.665. The second-order valence-electron chi connectivity index (χ2n) is 5.24. The summed E-state index contributed by atoms with van der Waals surface area (Å²) in [5.74, 6) is 0. The van der Waals surface area contributed by atoms with Gasteiger partial charge in [0, 0.05) is 5.41 Å². The fraction of sp³-hybridized carbons (Fsp3) is 0.833. The van der Waals surface area contributed by atoms with Gasteiger partial charge in [0.05, 0.1) is 6.10 Å². The molecule has 0 heterocycles. The largest absolute Gasteiger partial charge is 0.388 e. The smallest absolute Gasteiger partial charge is 0.0788 e. The summed E-state index contributed by atoms with van der Waals surface area (Å²) in [5.41, 5.74) is 2.22. The Kier molecular flexibility index (Phi) is 1.36. The average Bonchev–Trinajstić information content (AvgIpc) is 2.61. The van der Waals surface area contributed by atoms with Crippen molar-refractivity contribution in [2.75, 3.05) is 0 Å². The monoisotopic (exact) mass is 178 g/mol. The molecular weight excluding hydrogens is 160 g/mol. The predicted octanol–water partition coefficient (Wildman–Crippen LogP) is 2.65. The zero-order chi connectivity index (χ0) is 9.10. The zero-order valence-corrected chi connectivity index (χ0v) is 8.34. The normalized spacial score (nSPS) is 53.4. The lowest BCUT2D eigenvalue weighted by Crippen LogP contribution is -2.36. The third-order valence-electron chi connectivity index (χ3n) is 5.13. The highest BCUT2D eigenvalue weighted by atomic mass is 16.3. The van der Waals surface area contributed by atoms with Gasteiger partial charge in [-0.25, -0.2) is 0 Å². The van der Waals surface area contributed by atoms with Gasteiger partial charge < -0.3 is 5.11 Å². The van der Waals surface area contributed by atoms with E-state index in [2.05, 4.69) is 13.0 Å². The van der Waals surface area contributed by atoms with Crippen LogP contribution in [0.4, 0.5) is 0 Å². The maximum absolute atomic E-state index is 10.1. The molecule has 0 saturated heterocycles. The Labute approximate surface area is 79.8 Å². The van der Waals surface area contributed by atoms with Gasteiger partial charge in [0.2, 0.25) is 0 Å². The van der Waals surface area contributed by atoms with Crippen LogP contribution in [0, 0.1) is 10.8 Å². The van der Waals surface area contributed by atoms with E-state index in [1.165, 1.54) is 44.1 Å². The molecule has 3 aliphatic rings. The number of rotatable bonds is 0. The zero-order valence-electron chi connectivity index (χ0n) is 8.34. The molecule has 1 atom stereocenters. The second-order valence-corrected chi connectivity index (χ2v) is 5.24. The highest BCUT2D eigenvalue weighted by Gasteiger charge is 2.63. The number of hydrogen-bond acceptors (Lipinski definition) is 1. The summed E-state index contributed by atoms with van der Waals surface area (Å²) >= 11 is 0. The predicted molar refractivity (Wildman–Crippen MR) is 52.3 cm³/mol. The van der Waals surface area contributed by atoms with E-state index in [0.29, 0.717) is 5.41 Å². The summed E-state index contributed by atoms with van der Waals surface area (Å²) in [6.45, 7) is 2.24. The molecule has 72 valence electrons. The van der Waals surface area contributed by atoms with E-state index in [-0.39, 0.29) is 11.5 Å². The third-order valence-corrected chi connectivity index (χ3v) is 5.13. The van der Waals surface area contributed by atoms with Crippen molar-refractivity contribution >= 4 is 0 Å². The Bertz CT molecular complexity index is 267. The molecule has 13 heavy (non-hydrogen) atoms. The molecule has 1 nitrogen and oxygen atoms in total. The van der Waals surface area contributed by atoms with Gasteiger partial charge in [-0.05, 0) is 38.0 Å². The molecule has 0 amide bonds. The van der Waals surface area contributed by atoms with Crippen molar-refractivity contribution in [3.8, 4) is 0 Å². The van der Waals surface area contributed by atoms with E-state index in [1.54, 1.807) is 0 Å². The van der Waals surface area contributed by atoms with Crippen LogP contribution in [0.25, 0.3) is 0 Å². The Hall–Kier alpha value is -0.300. The van der Waals surface area contributed by atoms with Crippen LogP contribution in [0.5, 0.6) is 0 Å². The van der Waals surface area contributed by atoms with Crippen LogP contribution in [0.1, 0.15) is 45.4 Å². The van der Waals surface area contributed by atoms with Crippen LogP contribution in [0.2, 0.25) is 0 Å². The van der Waals surface area contributed by atoms with Gasteiger partial charge in [-0.1, -0.05) is 24.5 Å². The Morgan fingerprint density at radius 1 is 1.23 bits per heavy atom. The molecule has 3 rings (SSSR count). The van der Waals surface area contributed by atoms with E-state index in [0.717, 1.165) is 0 Å². The minimum Gasteiger partial charge on any atom is -0.388 e. The molecule has 0 bridgehead atoms. The van der Waals surface area contributed by atoms with Gasteiger partial charge in [0.25, 0.3) is 0 Å². The van der Waals surface area contributed by atoms with E-state index in [1.807, 2.05) is 0 Å². The fourth-order valence-corrected chi connectivity index (χ4v) is 4.56. The molecule has 0 aromatic carbocycles. The lowest BCUT2D eigenvalue weighted by atomic mass is 9.67. The molecule has 2 fully saturated rings. The fourth-order valence-electron chi connectivity index (χ4n) is 4.56. The minimum absolute atomic E-state index is 0.127. The van der Waals surface area contributed by atoms with Gasteiger partial charge in [-0.3, -0.25) is 0 Å². The summed E-state index contributed by atoms with van der Waals surface area (Å²) in [5, 5.41) is 10.1. The molecule has 0 aromatic rings. The van der Waals surface area contributed by atoms with Gasteiger partial charge in [-0.15, -0.1) is 0 Å². The number of aliphatic hydroxyl groups excluding tert-OH is 1. The van der Waals surface area contributed by atoms with E-state index >= 15 is 0 Å². The Morgan fingerprint density at radius 3 is 2.38 bits per heavy atom. The Morgan fingerprint density at radius 2 is 1.85 bits per heavy atom. The maximum Gasteiger partial charge on any atom is 0.0788 e. The maximum atomic E-state index is 10.1. The number of aliphatic hydroxyl groups is 1. The first-order chi connectivity index (χ1) is 6.21. The van der Waals surface area contributed by atoms with Crippen LogP contribution in [0.15, 0.2) is 11.6 Å². The molecule has 0 aliphatic heterocycles. The lowest BCUT2D eigenvalue weighted by Gasteiger charge is -2.38. The molecule has 3 aliphatic carbocycles. The molecule has 0 spiro atoms. The summed E-state index contributed by atoms with van der Waals surface area (Å²) in [7, 11) is 0. The summed E-state index contributed by atoms with van der Waals surface area (Å²) in [4.78, 5) is 0. The van der Waals surface area contributed by atoms with Crippen LogP contribution < -0.4 is 0 Å². The van der Waals surface area contributed by atoms with Crippen molar-refractivity contribution in [1.29, 1.82) is 0 Å². The first-order valence-electron chi connectivity index (χ1n) is 5.58. The lowest BCUT2D eigenvalue weighted by molar-refractivity contribution is 0.0302. The molecular formula is C12H18O. The molecule has 0 aromatic heterocycles. The second kappa shape index (κ2) is 2.20. The average molecular weight is 178 g/mol. The van der Waals surface area contributed by atoms with Crippen molar-refractivity contribution in [2.45, 2.75) is 51.6 Å². The van der Waals surface area contributed by atoms with Crippen molar-refractivity contribution < 1.29 is 5.11 Å². The van der Waals surface area contributed by atoms with Crippen LogP contribution in [0.3, 0.4) is 0 Å². The SMILES string of the molecule is CC1=C[C@@H](O)C23CCCC12CCC3.